The standard InChI is InChI=1S/C12H15FN2O2/c1-6-3-10(6)15-11-4-7(12(16)17-2)9(14)5-8(11)13/h4-6,10,15H,3,14H2,1-2H3. The Hall–Kier alpha value is -1.78. The Morgan fingerprint density at radius 3 is 2.76 bits per heavy atom. The van der Waals surface area contributed by atoms with E-state index in [1.54, 1.807) is 0 Å². The second-order valence-electron chi connectivity index (χ2n) is 4.37. The maximum atomic E-state index is 13.6. The van der Waals surface area contributed by atoms with E-state index in [2.05, 4.69) is 17.0 Å². The topological polar surface area (TPSA) is 64.3 Å². The van der Waals surface area contributed by atoms with Crippen LogP contribution in [0.3, 0.4) is 0 Å². The fraction of sp³-hybridized carbons (Fsp3) is 0.417. The zero-order chi connectivity index (χ0) is 12.6. The number of carbonyl (C=O) groups is 1. The number of esters is 1. The van der Waals surface area contributed by atoms with Gasteiger partial charge in [0.25, 0.3) is 0 Å². The van der Waals surface area contributed by atoms with Crippen molar-refractivity contribution in [3.8, 4) is 0 Å². The zero-order valence-electron chi connectivity index (χ0n) is 9.79. The van der Waals surface area contributed by atoms with E-state index in [0.717, 1.165) is 12.5 Å². The molecule has 92 valence electrons. The molecule has 0 aliphatic heterocycles. The normalized spacial score (nSPS) is 22.1. The molecule has 2 rings (SSSR count). The molecule has 0 heterocycles. The molecular formula is C12H15FN2O2. The molecule has 0 amide bonds. The molecule has 0 spiro atoms. The van der Waals surface area contributed by atoms with Crippen LogP contribution in [0.4, 0.5) is 15.8 Å². The van der Waals surface area contributed by atoms with Crippen LogP contribution in [0.25, 0.3) is 0 Å². The van der Waals surface area contributed by atoms with Crippen molar-refractivity contribution in [1.82, 2.24) is 0 Å². The Bertz CT molecular complexity index is 462. The molecule has 1 aromatic rings. The molecule has 1 aliphatic carbocycles. The van der Waals surface area contributed by atoms with Gasteiger partial charge in [-0.05, 0) is 24.5 Å². The third-order valence-electron chi connectivity index (χ3n) is 2.99. The van der Waals surface area contributed by atoms with Gasteiger partial charge in [0, 0.05) is 11.7 Å². The number of hydrogen-bond donors (Lipinski definition) is 2. The van der Waals surface area contributed by atoms with Crippen molar-refractivity contribution in [3.05, 3.63) is 23.5 Å². The SMILES string of the molecule is COC(=O)c1cc(NC2CC2C)c(F)cc1N. The predicted octanol–water partition coefficient (Wildman–Crippen LogP) is 2.01. The lowest BCUT2D eigenvalue weighted by Gasteiger charge is -2.10. The number of carbonyl (C=O) groups excluding carboxylic acids is 1. The Morgan fingerprint density at radius 1 is 1.59 bits per heavy atom. The summed E-state index contributed by atoms with van der Waals surface area (Å²) in [5.74, 6) is -0.475. The molecule has 3 N–H and O–H groups in total. The summed E-state index contributed by atoms with van der Waals surface area (Å²) >= 11 is 0. The first-order valence-electron chi connectivity index (χ1n) is 5.46. The van der Waals surface area contributed by atoms with Crippen LogP contribution in [0.2, 0.25) is 0 Å². The number of rotatable bonds is 3. The Labute approximate surface area is 98.9 Å². The smallest absolute Gasteiger partial charge is 0.340 e. The first-order valence-corrected chi connectivity index (χ1v) is 5.46. The summed E-state index contributed by atoms with van der Waals surface area (Å²) in [4.78, 5) is 11.4. The molecule has 1 aliphatic rings. The second kappa shape index (κ2) is 4.24. The number of nitrogens with one attached hydrogen (secondary N) is 1. The molecule has 0 bridgehead atoms. The van der Waals surface area contributed by atoms with Crippen molar-refractivity contribution in [2.75, 3.05) is 18.2 Å². The maximum Gasteiger partial charge on any atom is 0.340 e. The summed E-state index contributed by atoms with van der Waals surface area (Å²) in [6, 6.07) is 2.82. The third-order valence-corrected chi connectivity index (χ3v) is 2.99. The van der Waals surface area contributed by atoms with Gasteiger partial charge >= 0.3 is 5.97 Å². The minimum absolute atomic E-state index is 0.0868. The van der Waals surface area contributed by atoms with E-state index in [4.69, 9.17) is 5.73 Å². The summed E-state index contributed by atoms with van der Waals surface area (Å²) < 4.78 is 18.2. The molecule has 0 radical (unpaired) electrons. The molecule has 1 fully saturated rings. The van der Waals surface area contributed by atoms with Crippen molar-refractivity contribution >= 4 is 17.3 Å². The highest BCUT2D eigenvalue weighted by Crippen LogP contribution is 2.34. The van der Waals surface area contributed by atoms with Crippen LogP contribution in [-0.2, 0) is 4.74 Å². The number of anilines is 2. The fourth-order valence-electron chi connectivity index (χ4n) is 1.71. The molecule has 1 aromatic carbocycles. The fourth-order valence-corrected chi connectivity index (χ4v) is 1.71. The highest BCUT2D eigenvalue weighted by Gasteiger charge is 2.33. The van der Waals surface area contributed by atoms with E-state index in [1.165, 1.54) is 13.2 Å². The van der Waals surface area contributed by atoms with Crippen LogP contribution in [0.1, 0.15) is 23.7 Å². The minimum Gasteiger partial charge on any atom is -0.465 e. The van der Waals surface area contributed by atoms with E-state index in [9.17, 15) is 9.18 Å². The minimum atomic E-state index is -0.561. The van der Waals surface area contributed by atoms with Crippen LogP contribution >= 0.6 is 0 Å². The van der Waals surface area contributed by atoms with Crippen LogP contribution in [-0.4, -0.2) is 19.1 Å². The number of ether oxygens (including phenoxy) is 1. The van der Waals surface area contributed by atoms with Gasteiger partial charge in [-0.1, -0.05) is 6.92 Å². The van der Waals surface area contributed by atoms with Crippen LogP contribution in [0.5, 0.6) is 0 Å². The van der Waals surface area contributed by atoms with Crippen LogP contribution in [0, 0.1) is 11.7 Å². The number of halogens is 1. The lowest BCUT2D eigenvalue weighted by molar-refractivity contribution is 0.0602. The molecule has 0 aromatic heterocycles. The molecule has 5 heteroatoms. The summed E-state index contributed by atoms with van der Waals surface area (Å²) in [5.41, 5.74) is 6.14. The lowest BCUT2D eigenvalue weighted by Crippen LogP contribution is -2.10. The Balaban J connectivity index is 2.28. The quantitative estimate of drug-likeness (QED) is 0.624. The molecule has 0 saturated heterocycles. The van der Waals surface area contributed by atoms with Crippen molar-refractivity contribution in [3.63, 3.8) is 0 Å². The Kier molecular flexibility index (Phi) is 2.92. The molecule has 1 saturated carbocycles. The first kappa shape index (κ1) is 11.7. The summed E-state index contributed by atoms with van der Waals surface area (Å²) in [5, 5.41) is 3.04. The molecular weight excluding hydrogens is 223 g/mol. The summed E-state index contributed by atoms with van der Waals surface area (Å²) in [6.45, 7) is 2.08. The van der Waals surface area contributed by atoms with Crippen molar-refractivity contribution < 1.29 is 13.9 Å². The van der Waals surface area contributed by atoms with Gasteiger partial charge < -0.3 is 15.8 Å². The third kappa shape index (κ3) is 2.33. The van der Waals surface area contributed by atoms with Crippen LogP contribution in [0.15, 0.2) is 12.1 Å². The van der Waals surface area contributed by atoms with Gasteiger partial charge in [-0.15, -0.1) is 0 Å². The Morgan fingerprint density at radius 2 is 2.24 bits per heavy atom. The van der Waals surface area contributed by atoms with Gasteiger partial charge in [0.15, 0.2) is 0 Å². The molecule has 2 unspecified atom stereocenters. The second-order valence-corrected chi connectivity index (χ2v) is 4.37. The van der Waals surface area contributed by atoms with Gasteiger partial charge in [-0.25, -0.2) is 9.18 Å². The monoisotopic (exact) mass is 238 g/mol. The number of nitrogens with two attached hydrogens (primary N) is 1. The van der Waals surface area contributed by atoms with Gasteiger partial charge in [-0.3, -0.25) is 0 Å². The number of benzene rings is 1. The van der Waals surface area contributed by atoms with Crippen molar-refractivity contribution in [2.24, 2.45) is 5.92 Å². The summed E-state index contributed by atoms with van der Waals surface area (Å²) in [7, 11) is 1.27. The van der Waals surface area contributed by atoms with Gasteiger partial charge in [-0.2, -0.15) is 0 Å². The number of hydrogen-bond acceptors (Lipinski definition) is 4. The predicted molar refractivity (Wildman–Crippen MR) is 63.3 cm³/mol. The van der Waals surface area contributed by atoms with E-state index in [1.807, 2.05) is 0 Å². The number of methoxy groups -OCH3 is 1. The highest BCUT2D eigenvalue weighted by molar-refractivity contribution is 5.96. The van der Waals surface area contributed by atoms with E-state index in [0.29, 0.717) is 11.6 Å². The van der Waals surface area contributed by atoms with Crippen molar-refractivity contribution in [2.45, 2.75) is 19.4 Å². The first-order chi connectivity index (χ1) is 8.02. The van der Waals surface area contributed by atoms with Crippen LogP contribution < -0.4 is 11.1 Å². The van der Waals surface area contributed by atoms with Gasteiger partial charge in [0.05, 0.1) is 18.4 Å². The van der Waals surface area contributed by atoms with Gasteiger partial charge in [0.1, 0.15) is 5.82 Å². The molecule has 2 atom stereocenters. The van der Waals surface area contributed by atoms with E-state index in [-0.39, 0.29) is 17.3 Å². The summed E-state index contributed by atoms with van der Waals surface area (Å²) in [6.07, 6.45) is 1.01. The van der Waals surface area contributed by atoms with E-state index < -0.39 is 11.8 Å². The largest absolute Gasteiger partial charge is 0.465 e. The highest BCUT2D eigenvalue weighted by atomic mass is 19.1. The van der Waals surface area contributed by atoms with Gasteiger partial charge in [0.2, 0.25) is 0 Å². The molecule has 4 nitrogen and oxygen atoms in total. The maximum absolute atomic E-state index is 13.6. The number of nitrogen functional groups attached to an aromatic ring is 1. The van der Waals surface area contributed by atoms with Crippen molar-refractivity contribution in [1.29, 1.82) is 0 Å². The van der Waals surface area contributed by atoms with E-state index >= 15 is 0 Å². The average molecular weight is 238 g/mol. The zero-order valence-corrected chi connectivity index (χ0v) is 9.79. The average Bonchev–Trinajstić information content (AvgIpc) is 2.97. The molecule has 17 heavy (non-hydrogen) atoms. The lowest BCUT2D eigenvalue weighted by atomic mass is 10.1.